The van der Waals surface area contributed by atoms with Crippen LogP contribution in [0, 0.1) is 5.92 Å². The molecule has 1 aliphatic rings. The van der Waals surface area contributed by atoms with Gasteiger partial charge in [-0.25, -0.2) is 9.59 Å². The number of carboxylic acids is 1. The number of ether oxygens (including phenoxy) is 1. The molecule has 0 aromatic carbocycles. The number of urea groups is 1. The highest BCUT2D eigenvalue weighted by Crippen LogP contribution is 2.22. The number of carbonyl (C=O) groups is 2. The second-order valence-electron chi connectivity index (χ2n) is 4.66. The van der Waals surface area contributed by atoms with Gasteiger partial charge in [0.25, 0.3) is 0 Å². The molecule has 0 radical (unpaired) electrons. The van der Waals surface area contributed by atoms with E-state index in [0.29, 0.717) is 12.5 Å². The zero-order chi connectivity index (χ0) is 13.4. The summed E-state index contributed by atoms with van der Waals surface area (Å²) in [7, 11) is 1.31. The molecule has 2 amide bonds. The van der Waals surface area contributed by atoms with E-state index in [0.717, 1.165) is 12.8 Å². The fraction of sp³-hybridized carbons (Fsp3) is 0.833. The Morgan fingerprint density at radius 2 is 1.94 bits per heavy atom. The molecule has 0 heterocycles. The second-order valence-corrected chi connectivity index (χ2v) is 4.66. The molecule has 0 aromatic rings. The van der Waals surface area contributed by atoms with Gasteiger partial charge in [-0.2, -0.15) is 0 Å². The van der Waals surface area contributed by atoms with Gasteiger partial charge in [0.05, 0.1) is 6.54 Å². The fourth-order valence-electron chi connectivity index (χ4n) is 2.15. The molecule has 18 heavy (non-hydrogen) atoms. The number of methoxy groups -OCH3 is 1. The van der Waals surface area contributed by atoms with Crippen molar-refractivity contribution in [3.05, 3.63) is 0 Å². The molecule has 1 aliphatic carbocycles. The van der Waals surface area contributed by atoms with Gasteiger partial charge in [-0.15, -0.1) is 0 Å². The van der Waals surface area contributed by atoms with E-state index >= 15 is 0 Å². The number of amides is 2. The maximum Gasteiger partial charge on any atom is 0.334 e. The van der Waals surface area contributed by atoms with Crippen LogP contribution in [0.25, 0.3) is 0 Å². The van der Waals surface area contributed by atoms with E-state index < -0.39 is 12.1 Å². The lowest BCUT2D eigenvalue weighted by Crippen LogP contribution is -2.44. The summed E-state index contributed by atoms with van der Waals surface area (Å²) in [6.07, 6.45) is 5.09. The van der Waals surface area contributed by atoms with Gasteiger partial charge < -0.3 is 20.5 Å². The smallest absolute Gasteiger partial charge is 0.334 e. The first-order valence-electron chi connectivity index (χ1n) is 6.40. The van der Waals surface area contributed by atoms with Crippen molar-refractivity contribution in [1.29, 1.82) is 0 Å². The quantitative estimate of drug-likeness (QED) is 0.662. The predicted octanol–water partition coefficient (Wildman–Crippen LogP) is 0.965. The maximum atomic E-state index is 11.5. The van der Waals surface area contributed by atoms with Crippen molar-refractivity contribution in [3.63, 3.8) is 0 Å². The third kappa shape index (κ3) is 5.35. The molecule has 6 nitrogen and oxygen atoms in total. The normalized spacial score (nSPS) is 18.1. The van der Waals surface area contributed by atoms with Crippen LogP contribution < -0.4 is 10.6 Å². The molecule has 3 N–H and O–H groups in total. The van der Waals surface area contributed by atoms with Crippen LogP contribution >= 0.6 is 0 Å². The first-order chi connectivity index (χ1) is 8.63. The lowest BCUT2D eigenvalue weighted by atomic mass is 9.89. The highest BCUT2D eigenvalue weighted by Gasteiger charge is 2.18. The van der Waals surface area contributed by atoms with Crippen LogP contribution in [-0.2, 0) is 9.53 Å². The summed E-state index contributed by atoms with van der Waals surface area (Å²) in [4.78, 5) is 22.1. The first-order valence-corrected chi connectivity index (χ1v) is 6.40. The van der Waals surface area contributed by atoms with Crippen LogP contribution in [-0.4, -0.2) is 43.4 Å². The maximum absolute atomic E-state index is 11.5. The van der Waals surface area contributed by atoms with Gasteiger partial charge in [0, 0.05) is 13.7 Å². The Morgan fingerprint density at radius 3 is 2.50 bits per heavy atom. The van der Waals surface area contributed by atoms with E-state index in [1.807, 2.05) is 0 Å². The van der Waals surface area contributed by atoms with E-state index in [4.69, 9.17) is 9.84 Å². The van der Waals surface area contributed by atoms with Gasteiger partial charge >= 0.3 is 12.0 Å². The first kappa shape index (κ1) is 14.8. The number of nitrogens with one attached hydrogen (secondary N) is 2. The Balaban J connectivity index is 2.14. The van der Waals surface area contributed by atoms with Crippen molar-refractivity contribution in [2.24, 2.45) is 5.92 Å². The molecule has 104 valence electrons. The Bertz CT molecular complexity index is 277. The fourth-order valence-corrected chi connectivity index (χ4v) is 2.15. The Hall–Kier alpha value is -1.30. The van der Waals surface area contributed by atoms with Crippen molar-refractivity contribution in [1.82, 2.24) is 10.6 Å². The molecule has 1 atom stereocenters. The van der Waals surface area contributed by atoms with E-state index in [2.05, 4.69) is 10.6 Å². The SMILES string of the molecule is COC(CNC(=O)NCC1CCCCC1)C(=O)O. The number of aliphatic carboxylic acids is 1. The van der Waals surface area contributed by atoms with Crippen LogP contribution in [0.4, 0.5) is 4.79 Å². The van der Waals surface area contributed by atoms with E-state index in [9.17, 15) is 9.59 Å². The van der Waals surface area contributed by atoms with Gasteiger partial charge in [0.1, 0.15) is 0 Å². The Labute approximate surface area is 107 Å². The largest absolute Gasteiger partial charge is 0.479 e. The minimum absolute atomic E-state index is 0.0255. The molecule has 0 spiro atoms. The molecular formula is C12H22N2O4. The lowest BCUT2D eigenvalue weighted by molar-refractivity contribution is -0.147. The summed E-state index contributed by atoms with van der Waals surface area (Å²) in [6.45, 7) is 0.638. The number of rotatable bonds is 6. The van der Waals surface area contributed by atoms with Crippen molar-refractivity contribution < 1.29 is 19.4 Å². The standard InChI is InChI=1S/C12H22N2O4/c1-18-10(11(15)16)8-14-12(17)13-7-9-5-3-2-4-6-9/h9-10H,2-8H2,1H3,(H,15,16)(H2,13,14,17). The lowest BCUT2D eigenvalue weighted by Gasteiger charge is -2.22. The monoisotopic (exact) mass is 258 g/mol. The van der Waals surface area contributed by atoms with Crippen molar-refractivity contribution >= 4 is 12.0 Å². The van der Waals surface area contributed by atoms with E-state index in [1.165, 1.54) is 26.4 Å². The molecule has 1 fully saturated rings. The summed E-state index contributed by atoms with van der Waals surface area (Å²) >= 11 is 0. The van der Waals surface area contributed by atoms with Crippen LogP contribution in [0.15, 0.2) is 0 Å². The topological polar surface area (TPSA) is 87.7 Å². The van der Waals surface area contributed by atoms with E-state index in [-0.39, 0.29) is 12.6 Å². The second kappa shape index (κ2) is 7.92. The third-order valence-electron chi connectivity index (χ3n) is 3.28. The molecule has 1 saturated carbocycles. The number of carboxylic acid groups (broad SMARTS) is 1. The van der Waals surface area contributed by atoms with Gasteiger partial charge in [-0.1, -0.05) is 19.3 Å². The van der Waals surface area contributed by atoms with Crippen LogP contribution in [0.2, 0.25) is 0 Å². The number of carbonyl (C=O) groups excluding carboxylic acids is 1. The highest BCUT2D eigenvalue weighted by molar-refractivity contribution is 5.76. The van der Waals surface area contributed by atoms with E-state index in [1.54, 1.807) is 0 Å². The summed E-state index contributed by atoms with van der Waals surface area (Å²) in [5, 5.41) is 14.0. The summed E-state index contributed by atoms with van der Waals surface area (Å²) in [5.41, 5.74) is 0. The molecule has 1 rings (SSSR count). The minimum atomic E-state index is -1.08. The number of hydrogen-bond acceptors (Lipinski definition) is 3. The number of hydrogen-bond donors (Lipinski definition) is 3. The average molecular weight is 258 g/mol. The molecule has 0 aromatic heterocycles. The molecule has 0 saturated heterocycles. The van der Waals surface area contributed by atoms with Gasteiger partial charge in [0.2, 0.25) is 0 Å². The summed E-state index contributed by atoms with van der Waals surface area (Å²) in [5.74, 6) is -0.521. The molecule has 1 unspecified atom stereocenters. The summed E-state index contributed by atoms with van der Waals surface area (Å²) in [6, 6.07) is -0.330. The van der Waals surface area contributed by atoms with Crippen LogP contribution in [0.5, 0.6) is 0 Å². The average Bonchev–Trinajstić information content (AvgIpc) is 2.38. The summed E-state index contributed by atoms with van der Waals surface area (Å²) < 4.78 is 4.71. The molecule has 0 aliphatic heterocycles. The molecule has 6 heteroatoms. The van der Waals surface area contributed by atoms with Gasteiger partial charge in [0.15, 0.2) is 6.10 Å². The predicted molar refractivity (Wildman–Crippen MR) is 66.4 cm³/mol. The zero-order valence-corrected chi connectivity index (χ0v) is 10.8. The minimum Gasteiger partial charge on any atom is -0.479 e. The molecule has 0 bridgehead atoms. The molecular weight excluding hydrogens is 236 g/mol. The zero-order valence-electron chi connectivity index (χ0n) is 10.8. The van der Waals surface area contributed by atoms with Crippen molar-refractivity contribution in [2.45, 2.75) is 38.2 Å². The Kier molecular flexibility index (Phi) is 6.49. The van der Waals surface area contributed by atoms with Crippen molar-refractivity contribution in [3.8, 4) is 0 Å². The van der Waals surface area contributed by atoms with Crippen LogP contribution in [0.3, 0.4) is 0 Å². The highest BCUT2D eigenvalue weighted by atomic mass is 16.5. The van der Waals surface area contributed by atoms with Crippen LogP contribution in [0.1, 0.15) is 32.1 Å². The Morgan fingerprint density at radius 1 is 1.28 bits per heavy atom. The van der Waals surface area contributed by atoms with Crippen molar-refractivity contribution in [2.75, 3.05) is 20.2 Å². The third-order valence-corrected chi connectivity index (χ3v) is 3.28. The van der Waals surface area contributed by atoms with Gasteiger partial charge in [-0.3, -0.25) is 0 Å². The van der Waals surface area contributed by atoms with Gasteiger partial charge in [-0.05, 0) is 18.8 Å².